The number of nitrogens with zero attached hydrogens (tertiary/aromatic N) is 2. The third-order valence-corrected chi connectivity index (χ3v) is 3.85. The van der Waals surface area contributed by atoms with Gasteiger partial charge in [0, 0.05) is 23.1 Å². The minimum atomic E-state index is -4.06. The van der Waals surface area contributed by atoms with Crippen LogP contribution in [0.2, 0.25) is 0 Å². The lowest BCUT2D eigenvalue weighted by Crippen LogP contribution is -2.08. The van der Waals surface area contributed by atoms with Crippen LogP contribution in [0.15, 0.2) is 35.5 Å². The number of ether oxygens (including phenoxy) is 1. The van der Waals surface area contributed by atoms with E-state index in [-0.39, 0.29) is 11.6 Å². The minimum Gasteiger partial charge on any atom is -0.483 e. The van der Waals surface area contributed by atoms with E-state index in [4.69, 9.17) is 15.4 Å². The van der Waals surface area contributed by atoms with Gasteiger partial charge in [-0.15, -0.1) is 0 Å². The lowest BCUT2D eigenvalue weighted by atomic mass is 10.3. The van der Waals surface area contributed by atoms with Gasteiger partial charge in [0.1, 0.15) is 6.61 Å². The van der Waals surface area contributed by atoms with E-state index in [1.54, 1.807) is 0 Å². The predicted octanol–water partition coefficient (Wildman–Crippen LogP) is 2.92. The maximum Gasteiger partial charge on any atom is 0.320 e. The molecule has 0 aliphatic heterocycles. The van der Waals surface area contributed by atoms with Crippen LogP contribution in [-0.4, -0.2) is 18.0 Å². The Balaban J connectivity index is 2.16. The zero-order valence-electron chi connectivity index (χ0n) is 10.2. The quantitative estimate of drug-likeness (QED) is 0.785. The summed E-state index contributed by atoms with van der Waals surface area (Å²) in [5.74, 6) is -1.38. The fraction of sp³-hybridized carbons (Fsp3) is 0.182. The summed E-state index contributed by atoms with van der Waals surface area (Å²) in [6.45, 7) is -3.19. The smallest absolute Gasteiger partial charge is 0.320 e. The summed E-state index contributed by atoms with van der Waals surface area (Å²) in [6.07, 6.45) is 2.22. The highest BCUT2D eigenvalue weighted by Crippen LogP contribution is 2.24. The van der Waals surface area contributed by atoms with E-state index in [0.717, 1.165) is 24.5 Å². The first kappa shape index (κ1) is 15.6. The molecule has 0 amide bonds. The van der Waals surface area contributed by atoms with E-state index in [1.165, 1.54) is 0 Å². The summed E-state index contributed by atoms with van der Waals surface area (Å²) in [5.41, 5.74) is 0. The first-order chi connectivity index (χ1) is 9.79. The van der Waals surface area contributed by atoms with E-state index in [2.05, 4.69) is 4.98 Å². The van der Waals surface area contributed by atoms with Crippen LogP contribution in [0, 0.1) is 5.82 Å². The third-order valence-electron chi connectivity index (χ3n) is 2.50. The average molecular weight is 341 g/mol. The van der Waals surface area contributed by atoms with Crippen molar-refractivity contribution in [2.45, 2.75) is 18.1 Å². The van der Waals surface area contributed by atoms with Crippen molar-refractivity contribution in [3.05, 3.63) is 42.2 Å². The van der Waals surface area contributed by atoms with Gasteiger partial charge in [-0.2, -0.15) is 8.78 Å². The molecular formula is C11H8ClF3N2O3S. The molecule has 5 nitrogen and oxygen atoms in total. The number of alkyl halides is 2. The second-order valence-electron chi connectivity index (χ2n) is 3.85. The zero-order valence-corrected chi connectivity index (χ0v) is 11.8. The van der Waals surface area contributed by atoms with Crippen LogP contribution in [0.25, 0.3) is 0 Å². The van der Waals surface area contributed by atoms with Crippen molar-refractivity contribution in [3.8, 4) is 5.75 Å². The number of hydrogen-bond donors (Lipinski definition) is 0. The van der Waals surface area contributed by atoms with Gasteiger partial charge in [-0.3, -0.25) is 4.57 Å². The van der Waals surface area contributed by atoms with Gasteiger partial charge in [0.05, 0.1) is 4.90 Å². The van der Waals surface area contributed by atoms with E-state index >= 15 is 0 Å². The van der Waals surface area contributed by atoms with E-state index in [0.29, 0.717) is 10.6 Å². The molecule has 0 radical (unpaired) electrons. The molecule has 0 saturated heterocycles. The van der Waals surface area contributed by atoms with Crippen molar-refractivity contribution in [1.82, 2.24) is 9.55 Å². The van der Waals surface area contributed by atoms with Crippen molar-refractivity contribution in [1.29, 1.82) is 0 Å². The Labute approximate surface area is 122 Å². The van der Waals surface area contributed by atoms with Gasteiger partial charge in [-0.1, -0.05) is 0 Å². The molecule has 0 spiro atoms. The van der Waals surface area contributed by atoms with Gasteiger partial charge in [0.25, 0.3) is 9.05 Å². The molecule has 0 fully saturated rings. The van der Waals surface area contributed by atoms with Gasteiger partial charge in [-0.05, 0) is 18.2 Å². The van der Waals surface area contributed by atoms with Gasteiger partial charge in [0.2, 0.25) is 0 Å². The Morgan fingerprint density at radius 3 is 2.67 bits per heavy atom. The number of benzene rings is 1. The topological polar surface area (TPSA) is 61.2 Å². The Morgan fingerprint density at radius 2 is 2.10 bits per heavy atom. The number of halogens is 4. The molecule has 1 aromatic carbocycles. The van der Waals surface area contributed by atoms with E-state index in [1.807, 2.05) is 0 Å². The molecule has 1 aromatic heterocycles. The monoisotopic (exact) mass is 340 g/mol. The molecule has 10 heteroatoms. The Kier molecular flexibility index (Phi) is 4.43. The highest BCUT2D eigenvalue weighted by atomic mass is 35.7. The highest BCUT2D eigenvalue weighted by Gasteiger charge is 2.15. The molecule has 114 valence electrons. The van der Waals surface area contributed by atoms with Crippen molar-refractivity contribution in [2.75, 3.05) is 0 Å². The van der Waals surface area contributed by atoms with Crippen LogP contribution >= 0.6 is 10.7 Å². The Bertz CT molecular complexity index is 749. The summed E-state index contributed by atoms with van der Waals surface area (Å²) in [5, 5.41) is 0. The predicted molar refractivity (Wildman–Crippen MR) is 67.3 cm³/mol. The molecule has 0 saturated carbocycles. The van der Waals surface area contributed by atoms with Crippen molar-refractivity contribution in [3.63, 3.8) is 0 Å². The summed E-state index contributed by atoms with van der Waals surface area (Å²) < 4.78 is 66.4. The molecular weight excluding hydrogens is 333 g/mol. The van der Waals surface area contributed by atoms with Gasteiger partial charge in [0.15, 0.2) is 17.4 Å². The van der Waals surface area contributed by atoms with E-state index in [9.17, 15) is 21.6 Å². The lowest BCUT2D eigenvalue weighted by Gasteiger charge is -2.09. The summed E-state index contributed by atoms with van der Waals surface area (Å²) in [4.78, 5) is 3.23. The maximum atomic E-state index is 13.6. The van der Waals surface area contributed by atoms with Crippen LogP contribution in [0.5, 0.6) is 5.75 Å². The highest BCUT2D eigenvalue weighted by molar-refractivity contribution is 8.13. The summed E-state index contributed by atoms with van der Waals surface area (Å²) >= 11 is 0. The first-order valence-electron chi connectivity index (χ1n) is 5.46. The van der Waals surface area contributed by atoms with Gasteiger partial charge < -0.3 is 4.74 Å². The molecule has 0 unspecified atom stereocenters. The Hall–Kier alpha value is -1.74. The summed E-state index contributed by atoms with van der Waals surface area (Å²) in [7, 11) is 1.01. The molecule has 0 atom stereocenters. The molecule has 0 aliphatic carbocycles. The average Bonchev–Trinajstić information content (AvgIpc) is 2.84. The summed E-state index contributed by atoms with van der Waals surface area (Å²) in [6, 6.07) is 2.76. The van der Waals surface area contributed by atoms with Gasteiger partial charge in [-0.25, -0.2) is 17.8 Å². The van der Waals surface area contributed by atoms with Crippen LogP contribution < -0.4 is 4.74 Å². The largest absolute Gasteiger partial charge is 0.483 e. The molecule has 2 aromatic rings. The van der Waals surface area contributed by atoms with E-state index < -0.39 is 32.9 Å². The molecule has 0 N–H and O–H groups in total. The normalized spacial score (nSPS) is 11.9. The number of aromatic nitrogens is 2. The molecule has 0 aliphatic rings. The van der Waals surface area contributed by atoms with Crippen LogP contribution in [0.4, 0.5) is 13.2 Å². The van der Waals surface area contributed by atoms with Gasteiger partial charge >= 0.3 is 6.55 Å². The number of imidazole rings is 1. The molecule has 2 rings (SSSR count). The lowest BCUT2D eigenvalue weighted by molar-refractivity contribution is 0.0631. The van der Waals surface area contributed by atoms with Crippen LogP contribution in [-0.2, 0) is 15.7 Å². The minimum absolute atomic E-state index is 0.0987. The fourth-order valence-corrected chi connectivity index (χ4v) is 2.29. The molecule has 0 bridgehead atoms. The number of hydrogen-bond acceptors (Lipinski definition) is 4. The van der Waals surface area contributed by atoms with Crippen molar-refractivity contribution < 1.29 is 26.3 Å². The first-order valence-corrected chi connectivity index (χ1v) is 7.77. The SMILES string of the molecule is O=S(=O)(Cl)c1ccc(OCc2nccn2C(F)F)c(F)c1. The van der Waals surface area contributed by atoms with Crippen molar-refractivity contribution in [2.24, 2.45) is 0 Å². The second kappa shape index (κ2) is 5.94. The van der Waals surface area contributed by atoms with Crippen molar-refractivity contribution >= 4 is 19.7 Å². The zero-order chi connectivity index (χ0) is 15.6. The Morgan fingerprint density at radius 1 is 1.38 bits per heavy atom. The molecule has 1 heterocycles. The third kappa shape index (κ3) is 3.67. The van der Waals surface area contributed by atoms with Crippen LogP contribution in [0.3, 0.4) is 0 Å². The standard InChI is InChI=1S/C11H8ClF3N2O3S/c12-21(18,19)7-1-2-9(8(13)5-7)20-6-10-16-3-4-17(10)11(14)15/h1-5,11H,6H2. The number of rotatable bonds is 5. The fourth-order valence-electron chi connectivity index (χ4n) is 1.53. The van der Waals surface area contributed by atoms with Crippen LogP contribution in [0.1, 0.15) is 12.4 Å². The maximum absolute atomic E-state index is 13.6. The molecule has 21 heavy (non-hydrogen) atoms. The second-order valence-corrected chi connectivity index (χ2v) is 6.41.